The summed E-state index contributed by atoms with van der Waals surface area (Å²) in [5.74, 6) is 2.11. The van der Waals surface area contributed by atoms with Crippen LogP contribution in [0.25, 0.3) is 0 Å². The van der Waals surface area contributed by atoms with E-state index in [4.69, 9.17) is 10.5 Å². The molecule has 1 saturated heterocycles. The first-order chi connectivity index (χ1) is 8.22. The first-order valence-electron chi connectivity index (χ1n) is 6.84. The van der Waals surface area contributed by atoms with Crippen LogP contribution in [0.4, 0.5) is 0 Å². The number of ether oxygens (including phenoxy) is 1. The van der Waals surface area contributed by atoms with Gasteiger partial charge in [-0.25, -0.2) is 0 Å². The zero-order chi connectivity index (χ0) is 12.0. The lowest BCUT2D eigenvalue weighted by atomic mass is 10.1. The fourth-order valence-electron chi connectivity index (χ4n) is 3.65. The molecule has 0 radical (unpaired) electrons. The molecule has 3 fully saturated rings. The van der Waals surface area contributed by atoms with Crippen molar-refractivity contribution < 1.29 is 9.53 Å². The highest BCUT2D eigenvalue weighted by Gasteiger charge is 2.58. The van der Waals surface area contributed by atoms with E-state index >= 15 is 0 Å². The molecule has 0 spiro atoms. The lowest BCUT2D eigenvalue weighted by Gasteiger charge is -2.38. The Morgan fingerprint density at radius 1 is 1.41 bits per heavy atom. The molecule has 0 aromatic rings. The lowest BCUT2D eigenvalue weighted by Crippen LogP contribution is -2.53. The van der Waals surface area contributed by atoms with Crippen molar-refractivity contribution in [1.29, 1.82) is 0 Å². The number of nitrogens with zero attached hydrogens (tertiary/aromatic N) is 1. The van der Waals surface area contributed by atoms with Gasteiger partial charge in [0.15, 0.2) is 0 Å². The second kappa shape index (κ2) is 4.25. The third-order valence-corrected chi connectivity index (χ3v) is 4.74. The number of nitrogens with two attached hydrogens (primary N) is 1. The van der Waals surface area contributed by atoms with Gasteiger partial charge in [0.05, 0.1) is 18.8 Å². The fraction of sp³-hybridized carbons (Fsp3) is 0.923. The molecule has 3 aliphatic rings. The number of morpholine rings is 1. The van der Waals surface area contributed by atoms with Crippen molar-refractivity contribution in [3.8, 4) is 0 Å². The van der Waals surface area contributed by atoms with E-state index in [1.54, 1.807) is 0 Å². The van der Waals surface area contributed by atoms with Crippen LogP contribution in [-0.4, -0.2) is 42.6 Å². The molecule has 4 atom stereocenters. The number of rotatable bonds is 2. The van der Waals surface area contributed by atoms with Gasteiger partial charge in [-0.3, -0.25) is 4.79 Å². The van der Waals surface area contributed by atoms with E-state index in [-0.39, 0.29) is 12.1 Å². The summed E-state index contributed by atoms with van der Waals surface area (Å²) >= 11 is 0. The minimum atomic E-state index is 0.0359. The van der Waals surface area contributed by atoms with E-state index in [2.05, 4.69) is 6.92 Å². The van der Waals surface area contributed by atoms with Crippen molar-refractivity contribution in [2.45, 2.75) is 38.3 Å². The van der Waals surface area contributed by atoms with Gasteiger partial charge in [0, 0.05) is 19.0 Å². The van der Waals surface area contributed by atoms with Crippen LogP contribution in [0.3, 0.4) is 0 Å². The smallest absolute Gasteiger partial charge is 0.226 e. The summed E-state index contributed by atoms with van der Waals surface area (Å²) in [6, 6.07) is 0.214. The van der Waals surface area contributed by atoms with E-state index in [1.165, 1.54) is 19.3 Å². The molecule has 0 bridgehead atoms. The SMILES string of the molecule is CC1COC(CN)CN1C(=O)C1C2CCCC21. The summed E-state index contributed by atoms with van der Waals surface area (Å²) in [4.78, 5) is 14.5. The minimum absolute atomic E-state index is 0.0359. The van der Waals surface area contributed by atoms with Crippen LogP contribution < -0.4 is 5.73 Å². The summed E-state index contributed by atoms with van der Waals surface area (Å²) in [7, 11) is 0. The van der Waals surface area contributed by atoms with Crippen molar-refractivity contribution in [2.24, 2.45) is 23.5 Å². The van der Waals surface area contributed by atoms with E-state index in [1.807, 2.05) is 4.90 Å². The van der Waals surface area contributed by atoms with Crippen molar-refractivity contribution >= 4 is 5.91 Å². The standard InChI is InChI=1S/C13H22N2O2/c1-8-7-17-9(5-14)6-15(8)13(16)12-10-3-2-4-11(10)12/h8-12H,2-7,14H2,1H3. The van der Waals surface area contributed by atoms with Crippen LogP contribution in [0.15, 0.2) is 0 Å². The first-order valence-corrected chi connectivity index (χ1v) is 6.84. The zero-order valence-electron chi connectivity index (χ0n) is 10.5. The van der Waals surface area contributed by atoms with E-state index in [0.717, 1.165) is 0 Å². The molecule has 4 heteroatoms. The predicted octanol–water partition coefficient (Wildman–Crippen LogP) is 0.607. The molecular weight excluding hydrogens is 216 g/mol. The third kappa shape index (κ3) is 1.87. The molecular formula is C13H22N2O2. The van der Waals surface area contributed by atoms with Crippen LogP contribution >= 0.6 is 0 Å². The molecule has 4 nitrogen and oxygen atoms in total. The Hall–Kier alpha value is -0.610. The monoisotopic (exact) mass is 238 g/mol. The highest BCUT2D eigenvalue weighted by atomic mass is 16.5. The van der Waals surface area contributed by atoms with E-state index < -0.39 is 0 Å². The molecule has 1 heterocycles. The number of hydrogen-bond donors (Lipinski definition) is 1. The minimum Gasteiger partial charge on any atom is -0.373 e. The Kier molecular flexibility index (Phi) is 2.87. The quantitative estimate of drug-likeness (QED) is 0.767. The Morgan fingerprint density at radius 2 is 2.12 bits per heavy atom. The normalized spacial score (nSPS) is 44.6. The van der Waals surface area contributed by atoms with Gasteiger partial charge in [0.25, 0.3) is 0 Å². The molecule has 17 heavy (non-hydrogen) atoms. The van der Waals surface area contributed by atoms with Crippen molar-refractivity contribution in [3.05, 3.63) is 0 Å². The van der Waals surface area contributed by atoms with Crippen LogP contribution in [0.2, 0.25) is 0 Å². The first kappa shape index (κ1) is 11.5. The third-order valence-electron chi connectivity index (χ3n) is 4.74. The van der Waals surface area contributed by atoms with Gasteiger partial charge < -0.3 is 15.4 Å². The van der Waals surface area contributed by atoms with Crippen molar-refractivity contribution in [3.63, 3.8) is 0 Å². The average Bonchev–Trinajstić information content (AvgIpc) is 2.82. The summed E-state index contributed by atoms with van der Waals surface area (Å²) in [5.41, 5.74) is 5.63. The maximum atomic E-state index is 12.5. The van der Waals surface area contributed by atoms with Crippen LogP contribution in [0.1, 0.15) is 26.2 Å². The van der Waals surface area contributed by atoms with Gasteiger partial charge in [-0.2, -0.15) is 0 Å². The Labute approximate surface area is 102 Å². The Balaban J connectivity index is 1.64. The van der Waals surface area contributed by atoms with Gasteiger partial charge in [0.1, 0.15) is 0 Å². The van der Waals surface area contributed by atoms with Crippen molar-refractivity contribution in [2.75, 3.05) is 19.7 Å². The average molecular weight is 238 g/mol. The van der Waals surface area contributed by atoms with Crippen LogP contribution in [0.5, 0.6) is 0 Å². The molecule has 2 aliphatic carbocycles. The molecule has 1 amide bonds. The van der Waals surface area contributed by atoms with Gasteiger partial charge >= 0.3 is 0 Å². The highest BCUT2D eigenvalue weighted by Crippen LogP contribution is 2.58. The molecule has 2 saturated carbocycles. The highest BCUT2D eigenvalue weighted by molar-refractivity contribution is 5.83. The van der Waals surface area contributed by atoms with Crippen LogP contribution in [0, 0.1) is 17.8 Å². The van der Waals surface area contributed by atoms with E-state index in [9.17, 15) is 4.79 Å². The molecule has 3 rings (SSSR count). The molecule has 4 unspecified atom stereocenters. The molecule has 0 aromatic carbocycles. The molecule has 2 N–H and O–H groups in total. The van der Waals surface area contributed by atoms with Crippen molar-refractivity contribution in [1.82, 2.24) is 4.90 Å². The zero-order valence-corrected chi connectivity index (χ0v) is 10.5. The van der Waals surface area contributed by atoms with Gasteiger partial charge in [0.2, 0.25) is 5.91 Å². The largest absolute Gasteiger partial charge is 0.373 e. The topological polar surface area (TPSA) is 55.6 Å². The number of hydrogen-bond acceptors (Lipinski definition) is 3. The van der Waals surface area contributed by atoms with Crippen LogP contribution in [-0.2, 0) is 9.53 Å². The summed E-state index contributed by atoms with van der Waals surface area (Å²) in [6.45, 7) is 3.90. The second-order valence-corrected chi connectivity index (χ2v) is 5.82. The van der Waals surface area contributed by atoms with Gasteiger partial charge in [-0.05, 0) is 31.6 Å². The fourth-order valence-corrected chi connectivity index (χ4v) is 3.65. The number of fused-ring (bicyclic) bond motifs is 1. The Bertz CT molecular complexity index is 311. The second-order valence-electron chi connectivity index (χ2n) is 5.82. The predicted molar refractivity (Wildman–Crippen MR) is 64.3 cm³/mol. The number of amides is 1. The summed E-state index contributed by atoms with van der Waals surface area (Å²) in [5, 5.41) is 0. The molecule has 1 aliphatic heterocycles. The molecule has 0 aromatic heterocycles. The summed E-state index contributed by atoms with van der Waals surface area (Å²) in [6.07, 6.45) is 3.89. The number of carbonyl (C=O) groups excluding carboxylic acids is 1. The lowest BCUT2D eigenvalue weighted by molar-refractivity contribution is -0.145. The summed E-state index contributed by atoms with van der Waals surface area (Å²) < 4.78 is 5.60. The maximum absolute atomic E-state index is 12.5. The van der Waals surface area contributed by atoms with Gasteiger partial charge in [-0.15, -0.1) is 0 Å². The Morgan fingerprint density at radius 3 is 2.76 bits per heavy atom. The van der Waals surface area contributed by atoms with Gasteiger partial charge in [-0.1, -0.05) is 6.42 Å². The number of carbonyl (C=O) groups is 1. The maximum Gasteiger partial charge on any atom is 0.226 e. The molecule has 96 valence electrons. The van der Waals surface area contributed by atoms with E-state index in [0.29, 0.717) is 43.4 Å².